The summed E-state index contributed by atoms with van der Waals surface area (Å²) in [6.45, 7) is 2.35. The summed E-state index contributed by atoms with van der Waals surface area (Å²) >= 11 is 4.86. The smallest absolute Gasteiger partial charge is 0.338 e. The van der Waals surface area contributed by atoms with Crippen LogP contribution in [0.1, 0.15) is 31.3 Å². The van der Waals surface area contributed by atoms with Gasteiger partial charge in [0.25, 0.3) is 5.69 Å². The zero-order chi connectivity index (χ0) is 21.7. The zero-order valence-electron chi connectivity index (χ0n) is 16.4. The van der Waals surface area contributed by atoms with Crippen molar-refractivity contribution in [2.24, 2.45) is 0 Å². The van der Waals surface area contributed by atoms with Crippen LogP contribution in [0.2, 0.25) is 0 Å². The number of hydrogen-bond donors (Lipinski definition) is 0. The number of non-ortho nitro benzene ring substituents is 1. The molecule has 3 aromatic rings. The molecule has 31 heavy (non-hydrogen) atoms. The maximum Gasteiger partial charge on any atom is 0.338 e. The normalized spacial score (nSPS) is 10.3. The molecule has 0 bridgehead atoms. The molecule has 10 heteroatoms. The van der Waals surface area contributed by atoms with Gasteiger partial charge in [-0.3, -0.25) is 14.9 Å². The minimum absolute atomic E-state index is 0. The lowest BCUT2D eigenvalue weighted by Crippen LogP contribution is -3.00. The van der Waals surface area contributed by atoms with Gasteiger partial charge in [0, 0.05) is 35.5 Å². The first-order valence-electron chi connectivity index (χ1n) is 9.02. The molecule has 162 valence electrons. The molecule has 0 radical (unpaired) electrons. The first-order valence-corrected chi connectivity index (χ1v) is 10.7. The summed E-state index contributed by atoms with van der Waals surface area (Å²) in [7, 11) is 0. The molecular formula is C21H18Br2N2O5S. The molecule has 0 amide bonds. The standard InChI is InChI=1S/C21H18BrN2O5S.BrH/c1-14-20(10-11-29-21(26)16-4-8-18(9-5-16)24(27)28)30-13-23(14)12-19(25)15-2-6-17(22)7-3-15;/h2-9,13H,10-12H2,1H3;1H/q+1;/p-1. The third-order valence-electron chi connectivity index (χ3n) is 4.51. The summed E-state index contributed by atoms with van der Waals surface area (Å²) < 4.78 is 8.09. The lowest BCUT2D eigenvalue weighted by atomic mass is 10.1. The van der Waals surface area contributed by atoms with Gasteiger partial charge in [0.2, 0.25) is 17.8 Å². The highest BCUT2D eigenvalue weighted by Crippen LogP contribution is 2.15. The molecule has 0 aliphatic carbocycles. The summed E-state index contributed by atoms with van der Waals surface area (Å²) in [5.74, 6) is -0.512. The minimum atomic E-state index is -0.530. The van der Waals surface area contributed by atoms with Gasteiger partial charge in [0.05, 0.1) is 22.0 Å². The average Bonchev–Trinajstić information content (AvgIpc) is 3.08. The summed E-state index contributed by atoms with van der Waals surface area (Å²) in [4.78, 5) is 35.7. The third-order valence-corrected chi connectivity index (χ3v) is 6.19. The number of rotatable bonds is 8. The first kappa shape index (κ1) is 24.8. The molecular weight excluding hydrogens is 552 g/mol. The second-order valence-corrected chi connectivity index (χ2v) is 8.33. The van der Waals surface area contributed by atoms with Gasteiger partial charge in [0.1, 0.15) is 0 Å². The van der Waals surface area contributed by atoms with Crippen molar-refractivity contribution in [2.45, 2.75) is 19.9 Å². The van der Waals surface area contributed by atoms with Gasteiger partial charge in [-0.15, -0.1) is 0 Å². The van der Waals surface area contributed by atoms with Gasteiger partial charge in [-0.25, -0.2) is 4.79 Å². The highest BCUT2D eigenvalue weighted by atomic mass is 79.9. The fraction of sp³-hybridized carbons (Fsp3) is 0.190. The van der Waals surface area contributed by atoms with Crippen molar-refractivity contribution in [1.29, 1.82) is 0 Å². The Labute approximate surface area is 201 Å². The number of ketones is 1. The zero-order valence-corrected chi connectivity index (χ0v) is 20.4. The molecule has 1 aromatic heterocycles. The molecule has 0 atom stereocenters. The Morgan fingerprint density at radius 1 is 1.10 bits per heavy atom. The number of benzene rings is 2. The Kier molecular flexibility index (Phi) is 9.02. The van der Waals surface area contributed by atoms with Gasteiger partial charge in [-0.1, -0.05) is 39.4 Å². The molecule has 0 saturated carbocycles. The monoisotopic (exact) mass is 568 g/mol. The van der Waals surface area contributed by atoms with Crippen LogP contribution in [0.15, 0.2) is 58.5 Å². The van der Waals surface area contributed by atoms with Crippen molar-refractivity contribution in [3.63, 3.8) is 0 Å². The number of nitro benzene ring substituents is 1. The number of carbonyl (C=O) groups excluding carboxylic acids is 2. The van der Waals surface area contributed by atoms with Crippen LogP contribution in [-0.4, -0.2) is 23.3 Å². The highest BCUT2D eigenvalue weighted by Gasteiger charge is 2.20. The lowest BCUT2D eigenvalue weighted by Gasteiger charge is -2.04. The van der Waals surface area contributed by atoms with Crippen LogP contribution in [-0.2, 0) is 17.7 Å². The minimum Gasteiger partial charge on any atom is -1.00 e. The number of nitro groups is 1. The fourth-order valence-corrected chi connectivity index (χ4v) is 4.01. The molecule has 0 fully saturated rings. The Hall–Kier alpha value is -2.43. The molecule has 2 aromatic carbocycles. The van der Waals surface area contributed by atoms with E-state index in [4.69, 9.17) is 4.74 Å². The summed E-state index contributed by atoms with van der Waals surface area (Å²) in [6, 6.07) is 12.5. The van der Waals surface area contributed by atoms with Crippen LogP contribution in [0.3, 0.4) is 0 Å². The summed E-state index contributed by atoms with van der Waals surface area (Å²) in [5, 5.41) is 10.7. The number of nitrogens with zero attached hydrogens (tertiary/aromatic N) is 2. The fourth-order valence-electron chi connectivity index (χ4n) is 2.77. The SMILES string of the molecule is Cc1c(CCOC(=O)c2ccc([N+](=O)[O-])cc2)sc[n+]1CC(=O)c1ccc(Br)cc1.[Br-]. The molecule has 0 aliphatic heterocycles. The summed E-state index contributed by atoms with van der Waals surface area (Å²) in [5.41, 5.74) is 3.67. The van der Waals surface area contributed by atoms with E-state index in [0.29, 0.717) is 12.0 Å². The maximum atomic E-state index is 12.5. The van der Waals surface area contributed by atoms with E-state index < -0.39 is 10.9 Å². The van der Waals surface area contributed by atoms with E-state index in [-0.39, 0.29) is 47.2 Å². The molecule has 0 saturated heterocycles. The van der Waals surface area contributed by atoms with E-state index in [1.807, 2.05) is 29.1 Å². The second kappa shape index (κ2) is 11.3. The van der Waals surface area contributed by atoms with Crippen LogP contribution < -0.4 is 21.5 Å². The Morgan fingerprint density at radius 2 is 1.71 bits per heavy atom. The van der Waals surface area contributed by atoms with Crippen molar-refractivity contribution in [2.75, 3.05) is 6.61 Å². The topological polar surface area (TPSA) is 90.4 Å². The third kappa shape index (κ3) is 6.52. The van der Waals surface area contributed by atoms with Crippen LogP contribution in [0.25, 0.3) is 0 Å². The van der Waals surface area contributed by atoms with Crippen molar-refractivity contribution < 1.29 is 40.8 Å². The predicted octanol–water partition coefficient (Wildman–Crippen LogP) is 1.30. The van der Waals surface area contributed by atoms with Crippen LogP contribution >= 0.6 is 27.3 Å². The van der Waals surface area contributed by atoms with Crippen molar-refractivity contribution >= 4 is 44.7 Å². The highest BCUT2D eigenvalue weighted by molar-refractivity contribution is 9.10. The van der Waals surface area contributed by atoms with E-state index in [1.54, 1.807) is 12.1 Å². The predicted molar refractivity (Wildman–Crippen MR) is 115 cm³/mol. The van der Waals surface area contributed by atoms with Crippen LogP contribution in [0.4, 0.5) is 5.69 Å². The molecule has 0 N–H and O–H groups in total. The van der Waals surface area contributed by atoms with Crippen LogP contribution in [0.5, 0.6) is 0 Å². The van der Waals surface area contributed by atoms with Crippen molar-refractivity contribution in [3.05, 3.63) is 90.3 Å². The number of ether oxygens (including phenoxy) is 1. The molecule has 7 nitrogen and oxygen atoms in total. The quantitative estimate of drug-likeness (QED) is 0.134. The van der Waals surface area contributed by atoms with Gasteiger partial charge >= 0.3 is 5.97 Å². The second-order valence-electron chi connectivity index (χ2n) is 6.48. The average molecular weight is 570 g/mol. The van der Waals surface area contributed by atoms with Crippen LogP contribution in [0, 0.1) is 17.0 Å². The van der Waals surface area contributed by atoms with Gasteiger partial charge < -0.3 is 21.7 Å². The van der Waals surface area contributed by atoms with E-state index in [2.05, 4.69) is 15.9 Å². The largest absolute Gasteiger partial charge is 1.00 e. The molecule has 0 unspecified atom stereocenters. The number of Topliss-reactive ketones (excluding diaryl/α,β-unsaturated/α-hetero) is 1. The number of thiazole rings is 1. The van der Waals surface area contributed by atoms with E-state index in [1.165, 1.54) is 35.6 Å². The number of halogens is 2. The van der Waals surface area contributed by atoms with Gasteiger partial charge in [0.15, 0.2) is 5.69 Å². The van der Waals surface area contributed by atoms with Gasteiger partial charge in [-0.2, -0.15) is 4.57 Å². The van der Waals surface area contributed by atoms with E-state index >= 15 is 0 Å². The van der Waals surface area contributed by atoms with Gasteiger partial charge in [-0.05, 0) is 24.3 Å². The lowest BCUT2D eigenvalue weighted by molar-refractivity contribution is -0.684. The summed E-state index contributed by atoms with van der Waals surface area (Å²) in [6.07, 6.45) is 0.523. The van der Waals surface area contributed by atoms with E-state index in [9.17, 15) is 19.7 Å². The Bertz CT molecular complexity index is 1080. The first-order chi connectivity index (χ1) is 14.3. The Morgan fingerprint density at radius 3 is 2.32 bits per heavy atom. The van der Waals surface area contributed by atoms with Crippen molar-refractivity contribution in [3.8, 4) is 0 Å². The maximum absolute atomic E-state index is 12.5. The number of esters is 1. The number of aromatic nitrogens is 1. The molecule has 0 spiro atoms. The number of hydrogen-bond acceptors (Lipinski definition) is 6. The van der Waals surface area contributed by atoms with Crippen molar-refractivity contribution in [1.82, 2.24) is 0 Å². The Balaban J connectivity index is 0.00000341. The molecule has 0 aliphatic rings. The molecule has 3 rings (SSSR count). The molecule has 1 heterocycles. The van der Waals surface area contributed by atoms with E-state index in [0.717, 1.165) is 15.0 Å². The number of carbonyl (C=O) groups is 2.